The summed E-state index contributed by atoms with van der Waals surface area (Å²) in [6, 6.07) is 7.87. The van der Waals surface area contributed by atoms with Crippen molar-refractivity contribution in [1.29, 1.82) is 0 Å². The number of H-pyrrole nitrogens is 1. The number of likely N-dealkylation sites (tertiary alicyclic amines) is 1. The molecule has 1 saturated heterocycles. The van der Waals surface area contributed by atoms with E-state index < -0.39 is 0 Å². The average Bonchev–Trinajstić information content (AvgIpc) is 3.00. The van der Waals surface area contributed by atoms with Crippen molar-refractivity contribution in [3.63, 3.8) is 0 Å². The van der Waals surface area contributed by atoms with Gasteiger partial charge in [0.25, 0.3) is 5.56 Å². The summed E-state index contributed by atoms with van der Waals surface area (Å²) in [4.78, 5) is 29.0. The van der Waals surface area contributed by atoms with Crippen LogP contribution in [0.4, 0.5) is 0 Å². The van der Waals surface area contributed by atoms with Gasteiger partial charge in [-0.3, -0.25) is 9.59 Å². The van der Waals surface area contributed by atoms with E-state index >= 15 is 0 Å². The van der Waals surface area contributed by atoms with Crippen LogP contribution in [0, 0.1) is 6.92 Å². The summed E-state index contributed by atoms with van der Waals surface area (Å²) in [5.74, 6) is 0.163. The molecule has 1 fully saturated rings. The average molecular weight is 284 g/mol. The van der Waals surface area contributed by atoms with Gasteiger partial charge in [0.05, 0.1) is 5.52 Å². The fourth-order valence-corrected chi connectivity index (χ4v) is 2.98. The van der Waals surface area contributed by atoms with Crippen molar-refractivity contribution >= 4 is 16.8 Å². The van der Waals surface area contributed by atoms with Crippen LogP contribution < -0.4 is 5.56 Å². The lowest BCUT2D eigenvalue weighted by Gasteiger charge is -2.14. The molecule has 0 saturated carbocycles. The molecular formula is C17H20N2O2. The van der Waals surface area contributed by atoms with E-state index in [1.54, 1.807) is 0 Å². The van der Waals surface area contributed by atoms with E-state index in [-0.39, 0.29) is 11.5 Å². The van der Waals surface area contributed by atoms with Gasteiger partial charge in [-0.1, -0.05) is 18.2 Å². The van der Waals surface area contributed by atoms with Crippen molar-refractivity contribution in [2.75, 3.05) is 13.1 Å². The number of nitrogens with one attached hydrogen (secondary N) is 1. The molecule has 0 spiro atoms. The second-order valence-corrected chi connectivity index (χ2v) is 5.75. The lowest BCUT2D eigenvalue weighted by Crippen LogP contribution is -2.28. The standard InChI is InChI=1S/C17H20N2O2/c1-12-5-4-6-13-11-14(17(21)18-16(12)13)7-8-15(20)19-9-2-3-10-19/h4-6,11H,2-3,7-10H2,1H3,(H,18,21). The summed E-state index contributed by atoms with van der Waals surface area (Å²) in [6.45, 7) is 3.72. The van der Waals surface area contributed by atoms with E-state index in [0.29, 0.717) is 18.4 Å². The summed E-state index contributed by atoms with van der Waals surface area (Å²) in [5, 5.41) is 1.03. The van der Waals surface area contributed by atoms with Crippen LogP contribution in [0.25, 0.3) is 10.9 Å². The molecule has 1 N–H and O–H groups in total. The highest BCUT2D eigenvalue weighted by Crippen LogP contribution is 2.16. The summed E-state index contributed by atoms with van der Waals surface area (Å²) in [5.41, 5.74) is 2.56. The van der Waals surface area contributed by atoms with Gasteiger partial charge in [-0.2, -0.15) is 0 Å². The number of hydrogen-bond acceptors (Lipinski definition) is 2. The van der Waals surface area contributed by atoms with Crippen molar-refractivity contribution < 1.29 is 4.79 Å². The molecule has 4 nitrogen and oxygen atoms in total. The van der Waals surface area contributed by atoms with E-state index in [4.69, 9.17) is 0 Å². The third kappa shape index (κ3) is 2.84. The predicted molar refractivity (Wildman–Crippen MR) is 83.4 cm³/mol. The number of carbonyl (C=O) groups is 1. The molecule has 0 bridgehead atoms. The van der Waals surface area contributed by atoms with E-state index in [0.717, 1.165) is 42.4 Å². The Bertz CT molecular complexity index is 727. The van der Waals surface area contributed by atoms with Gasteiger partial charge in [0.1, 0.15) is 0 Å². The zero-order valence-corrected chi connectivity index (χ0v) is 12.3. The van der Waals surface area contributed by atoms with Crippen LogP contribution in [0.5, 0.6) is 0 Å². The smallest absolute Gasteiger partial charge is 0.251 e. The monoisotopic (exact) mass is 284 g/mol. The second kappa shape index (κ2) is 5.72. The molecular weight excluding hydrogens is 264 g/mol. The number of aromatic nitrogens is 1. The maximum Gasteiger partial charge on any atom is 0.251 e. The number of hydrogen-bond donors (Lipinski definition) is 1. The Morgan fingerprint density at radius 1 is 1.29 bits per heavy atom. The van der Waals surface area contributed by atoms with E-state index in [9.17, 15) is 9.59 Å². The van der Waals surface area contributed by atoms with E-state index in [1.165, 1.54) is 0 Å². The number of benzene rings is 1. The molecule has 0 radical (unpaired) electrons. The third-order valence-corrected chi connectivity index (χ3v) is 4.23. The Hall–Kier alpha value is -2.10. The third-order valence-electron chi connectivity index (χ3n) is 4.23. The first-order chi connectivity index (χ1) is 10.1. The molecule has 0 aliphatic carbocycles. The molecule has 3 rings (SSSR count). The van der Waals surface area contributed by atoms with Crippen LogP contribution in [-0.4, -0.2) is 28.9 Å². The number of nitrogens with zero attached hydrogens (tertiary/aromatic N) is 1. The predicted octanol–water partition coefficient (Wildman–Crippen LogP) is 2.39. The number of carbonyl (C=O) groups excluding carboxylic acids is 1. The van der Waals surface area contributed by atoms with Gasteiger partial charge in [0.15, 0.2) is 0 Å². The first-order valence-corrected chi connectivity index (χ1v) is 7.54. The molecule has 1 aromatic heterocycles. The molecule has 0 unspecified atom stereocenters. The summed E-state index contributed by atoms with van der Waals surface area (Å²) in [6.07, 6.45) is 3.12. The van der Waals surface area contributed by atoms with E-state index in [1.807, 2.05) is 36.1 Å². The second-order valence-electron chi connectivity index (χ2n) is 5.75. The van der Waals surface area contributed by atoms with Crippen molar-refractivity contribution in [2.45, 2.75) is 32.6 Å². The molecule has 1 amide bonds. The van der Waals surface area contributed by atoms with Gasteiger partial charge in [-0.15, -0.1) is 0 Å². The number of amides is 1. The number of aryl methyl sites for hydroxylation is 2. The summed E-state index contributed by atoms with van der Waals surface area (Å²) >= 11 is 0. The Morgan fingerprint density at radius 2 is 2.05 bits per heavy atom. The topological polar surface area (TPSA) is 53.2 Å². The fraction of sp³-hybridized carbons (Fsp3) is 0.412. The highest BCUT2D eigenvalue weighted by molar-refractivity contribution is 5.82. The zero-order valence-electron chi connectivity index (χ0n) is 12.3. The largest absolute Gasteiger partial charge is 0.343 e. The lowest BCUT2D eigenvalue weighted by molar-refractivity contribution is -0.130. The normalized spacial score (nSPS) is 14.8. The maximum atomic E-state index is 12.1. The molecule has 2 heterocycles. The minimum Gasteiger partial charge on any atom is -0.343 e. The van der Waals surface area contributed by atoms with Crippen molar-refractivity contribution in [1.82, 2.24) is 9.88 Å². The highest BCUT2D eigenvalue weighted by Gasteiger charge is 2.18. The van der Waals surface area contributed by atoms with Gasteiger partial charge >= 0.3 is 0 Å². The SMILES string of the molecule is Cc1cccc2cc(CCC(=O)N3CCCC3)c(=O)[nH]c12. The minimum absolute atomic E-state index is 0.0778. The summed E-state index contributed by atoms with van der Waals surface area (Å²) < 4.78 is 0. The van der Waals surface area contributed by atoms with Gasteiger partial charge in [0, 0.05) is 25.1 Å². The van der Waals surface area contributed by atoms with Crippen molar-refractivity contribution in [3.05, 3.63) is 45.7 Å². The first kappa shape index (κ1) is 13.9. The van der Waals surface area contributed by atoms with Crippen LogP contribution in [0.1, 0.15) is 30.4 Å². The first-order valence-electron chi connectivity index (χ1n) is 7.54. The van der Waals surface area contributed by atoms with Gasteiger partial charge in [-0.25, -0.2) is 0 Å². The number of para-hydroxylation sites is 1. The molecule has 1 aromatic carbocycles. The maximum absolute atomic E-state index is 12.1. The minimum atomic E-state index is -0.0778. The van der Waals surface area contributed by atoms with E-state index in [2.05, 4.69) is 4.98 Å². The molecule has 2 aromatic rings. The number of pyridine rings is 1. The summed E-state index contributed by atoms with van der Waals surface area (Å²) in [7, 11) is 0. The van der Waals surface area contributed by atoms with Gasteiger partial charge < -0.3 is 9.88 Å². The number of fused-ring (bicyclic) bond motifs is 1. The van der Waals surface area contributed by atoms with Crippen LogP contribution in [0.3, 0.4) is 0 Å². The Labute approximate surface area is 123 Å². The Morgan fingerprint density at radius 3 is 2.81 bits per heavy atom. The molecule has 1 aliphatic heterocycles. The van der Waals surface area contributed by atoms with Crippen LogP contribution in [-0.2, 0) is 11.2 Å². The molecule has 21 heavy (non-hydrogen) atoms. The Balaban J connectivity index is 1.79. The molecule has 1 aliphatic rings. The lowest BCUT2D eigenvalue weighted by atomic mass is 10.1. The van der Waals surface area contributed by atoms with Crippen molar-refractivity contribution in [3.8, 4) is 0 Å². The van der Waals surface area contributed by atoms with Gasteiger partial charge in [-0.05, 0) is 43.2 Å². The van der Waals surface area contributed by atoms with Crippen LogP contribution in [0.15, 0.2) is 29.1 Å². The van der Waals surface area contributed by atoms with Crippen LogP contribution in [0.2, 0.25) is 0 Å². The highest BCUT2D eigenvalue weighted by atomic mass is 16.2. The van der Waals surface area contributed by atoms with Gasteiger partial charge in [0.2, 0.25) is 5.91 Å². The molecule has 4 heteroatoms. The van der Waals surface area contributed by atoms with Crippen molar-refractivity contribution in [2.24, 2.45) is 0 Å². The molecule has 0 atom stereocenters. The number of rotatable bonds is 3. The molecule has 110 valence electrons. The number of aromatic amines is 1. The quantitative estimate of drug-likeness (QED) is 0.941. The Kier molecular flexibility index (Phi) is 3.78. The zero-order chi connectivity index (χ0) is 14.8. The fourth-order valence-electron chi connectivity index (χ4n) is 2.98. The van der Waals surface area contributed by atoms with Crippen LogP contribution >= 0.6 is 0 Å².